The summed E-state index contributed by atoms with van der Waals surface area (Å²) in [6.45, 7) is 3.63. The van der Waals surface area contributed by atoms with Gasteiger partial charge in [0.25, 0.3) is 0 Å². The van der Waals surface area contributed by atoms with Crippen LogP contribution in [0.1, 0.15) is 19.8 Å². The van der Waals surface area contributed by atoms with Gasteiger partial charge in [0.05, 0.1) is 11.0 Å². The van der Waals surface area contributed by atoms with Gasteiger partial charge in [0, 0.05) is 24.5 Å². The molecular weight excluding hydrogens is 550 g/mol. The molecule has 214 valence electrons. The normalized spacial score (nSPS) is 17.1. The summed E-state index contributed by atoms with van der Waals surface area (Å²) in [5.41, 5.74) is 0. The Morgan fingerprint density at radius 1 is 1.00 bits per heavy atom. The van der Waals surface area contributed by atoms with Crippen LogP contribution in [0.3, 0.4) is 0 Å². The fraction of sp³-hybridized carbons (Fsp3) is 0.455. The summed E-state index contributed by atoms with van der Waals surface area (Å²) in [6, 6.07) is 13.1. The lowest BCUT2D eigenvalue weighted by molar-refractivity contribution is -0.193. The molecule has 0 aromatic heterocycles. The third-order valence-corrected chi connectivity index (χ3v) is 6.65. The molecule has 0 saturated carbocycles. The highest BCUT2D eigenvalue weighted by atomic mass is 32.2. The van der Waals surface area contributed by atoms with E-state index >= 15 is 0 Å². The van der Waals surface area contributed by atoms with Gasteiger partial charge in [-0.1, -0.05) is 36.4 Å². The minimum absolute atomic E-state index is 0.0226. The Kier molecular flexibility index (Phi) is 12.0. The number of carboxylic acid groups (broad SMARTS) is 2. The Hall–Kier alpha value is -2.95. The quantitative estimate of drug-likeness (QED) is 0.384. The first-order valence-electron chi connectivity index (χ1n) is 10.9. The van der Waals surface area contributed by atoms with Crippen LogP contribution in [0, 0.1) is 0 Å². The van der Waals surface area contributed by atoms with Gasteiger partial charge >= 0.3 is 24.3 Å². The molecule has 1 aliphatic rings. The van der Waals surface area contributed by atoms with Gasteiger partial charge in [-0.2, -0.15) is 26.3 Å². The molecule has 38 heavy (non-hydrogen) atoms. The second-order valence-corrected chi connectivity index (χ2v) is 9.81. The van der Waals surface area contributed by atoms with Crippen LogP contribution in [0.4, 0.5) is 26.3 Å². The lowest BCUT2D eigenvalue weighted by Gasteiger charge is -2.24. The average molecular weight is 577 g/mol. The van der Waals surface area contributed by atoms with Crippen molar-refractivity contribution < 1.29 is 59.7 Å². The number of nitrogens with one attached hydrogen (secondary N) is 1. The van der Waals surface area contributed by atoms with Crippen molar-refractivity contribution in [3.05, 3.63) is 42.5 Å². The van der Waals surface area contributed by atoms with E-state index in [0.717, 1.165) is 24.8 Å². The molecule has 2 atom stereocenters. The number of benzene rings is 2. The van der Waals surface area contributed by atoms with Gasteiger partial charge in [-0.15, -0.1) is 0 Å². The topological polar surface area (TPSA) is 144 Å². The Morgan fingerprint density at radius 2 is 1.50 bits per heavy atom. The number of hydrogen-bond donors (Lipinski definition) is 4. The van der Waals surface area contributed by atoms with E-state index in [1.165, 1.54) is 0 Å². The molecule has 2 aromatic carbocycles. The SMILES string of the molecule is CC1CCCN1C[C@H](O)CNS(=O)(=O)c1cccc2ccccc12.O=C(O)C(F)(F)F.O=C(O)C(F)(F)F. The third-order valence-electron chi connectivity index (χ3n) is 5.17. The van der Waals surface area contributed by atoms with E-state index < -0.39 is 40.4 Å². The number of aliphatic hydroxyl groups excluding tert-OH is 1. The lowest BCUT2D eigenvalue weighted by atomic mass is 10.1. The monoisotopic (exact) mass is 576 g/mol. The number of nitrogens with zero attached hydrogens (tertiary/aromatic N) is 1. The maximum atomic E-state index is 12.6. The minimum Gasteiger partial charge on any atom is -0.475 e. The number of aliphatic carboxylic acids is 2. The van der Waals surface area contributed by atoms with Crippen LogP contribution in [0.25, 0.3) is 10.8 Å². The van der Waals surface area contributed by atoms with Gasteiger partial charge in [0.2, 0.25) is 10.0 Å². The molecule has 0 spiro atoms. The second kappa shape index (κ2) is 13.7. The Balaban J connectivity index is 0.000000426. The maximum absolute atomic E-state index is 12.6. The van der Waals surface area contributed by atoms with Gasteiger partial charge in [-0.3, -0.25) is 4.90 Å². The highest BCUT2D eigenvalue weighted by Gasteiger charge is 2.38. The van der Waals surface area contributed by atoms with Crippen molar-refractivity contribution in [3.8, 4) is 0 Å². The van der Waals surface area contributed by atoms with E-state index in [2.05, 4.69) is 16.5 Å². The molecule has 1 fully saturated rings. The van der Waals surface area contributed by atoms with Gasteiger partial charge in [-0.25, -0.2) is 22.7 Å². The van der Waals surface area contributed by atoms with Crippen LogP contribution in [-0.4, -0.2) is 84.7 Å². The van der Waals surface area contributed by atoms with Gasteiger partial charge in [-0.05, 0) is 37.8 Å². The van der Waals surface area contributed by atoms with E-state index in [1.54, 1.807) is 18.2 Å². The van der Waals surface area contributed by atoms with Crippen LogP contribution in [-0.2, 0) is 19.6 Å². The number of fused-ring (bicyclic) bond motifs is 1. The molecule has 4 N–H and O–H groups in total. The summed E-state index contributed by atoms with van der Waals surface area (Å²) >= 11 is 0. The molecule has 9 nitrogen and oxygen atoms in total. The summed E-state index contributed by atoms with van der Waals surface area (Å²) in [6.07, 6.45) is -8.61. The highest BCUT2D eigenvalue weighted by molar-refractivity contribution is 7.89. The molecule has 0 radical (unpaired) electrons. The molecule has 1 saturated heterocycles. The first kappa shape index (κ1) is 33.1. The predicted octanol–water partition coefficient (Wildman–Crippen LogP) is 3.23. The molecule has 0 aliphatic carbocycles. The number of carboxylic acids is 2. The number of rotatable bonds is 6. The van der Waals surface area contributed by atoms with Crippen molar-refractivity contribution in [2.75, 3.05) is 19.6 Å². The number of β-amino-alcohol motifs (C(OH)–C–C–N with tert-alkyl or cyclic N) is 1. The fourth-order valence-electron chi connectivity index (χ4n) is 3.31. The second-order valence-electron chi connectivity index (χ2n) is 8.08. The summed E-state index contributed by atoms with van der Waals surface area (Å²) < 4.78 is 91.3. The standard InChI is InChI=1S/C18H24N2O3S.2C2HF3O2/c1-14-6-5-11-20(14)13-16(21)12-19-24(22,23)18-10-4-8-15-7-2-3-9-17(15)18;2*3-2(4,5)1(6)7/h2-4,7-10,14,16,19,21H,5-6,11-13H2,1H3;2*(H,6,7)/t14?,16-;;/m1../s1. The number of halogens is 6. The summed E-state index contributed by atoms with van der Waals surface area (Å²) in [5.74, 6) is -5.51. The molecule has 0 bridgehead atoms. The molecule has 1 aliphatic heterocycles. The van der Waals surface area contributed by atoms with E-state index in [0.29, 0.717) is 18.0 Å². The van der Waals surface area contributed by atoms with Crippen molar-refractivity contribution in [2.24, 2.45) is 0 Å². The number of aliphatic hydroxyl groups is 1. The predicted molar refractivity (Wildman–Crippen MR) is 123 cm³/mol. The first-order valence-corrected chi connectivity index (χ1v) is 12.3. The van der Waals surface area contributed by atoms with E-state index in [-0.39, 0.29) is 11.4 Å². The van der Waals surface area contributed by atoms with Crippen molar-refractivity contribution in [2.45, 2.75) is 49.2 Å². The van der Waals surface area contributed by atoms with Gasteiger partial charge < -0.3 is 15.3 Å². The Labute approximate surface area is 213 Å². The van der Waals surface area contributed by atoms with Crippen molar-refractivity contribution in [3.63, 3.8) is 0 Å². The summed E-state index contributed by atoms with van der Waals surface area (Å²) in [4.78, 5) is 20.2. The third kappa shape index (κ3) is 10.8. The smallest absolute Gasteiger partial charge is 0.475 e. The highest BCUT2D eigenvalue weighted by Crippen LogP contribution is 2.23. The number of carbonyl (C=O) groups is 2. The largest absolute Gasteiger partial charge is 0.490 e. The Morgan fingerprint density at radius 3 is 1.97 bits per heavy atom. The number of alkyl halides is 6. The fourth-order valence-corrected chi connectivity index (χ4v) is 4.61. The van der Waals surface area contributed by atoms with Crippen molar-refractivity contribution in [1.82, 2.24) is 9.62 Å². The van der Waals surface area contributed by atoms with Crippen LogP contribution in [0.15, 0.2) is 47.4 Å². The number of sulfonamides is 1. The summed E-state index contributed by atoms with van der Waals surface area (Å²) in [5, 5.41) is 26.0. The van der Waals surface area contributed by atoms with Gasteiger partial charge in [0.15, 0.2) is 0 Å². The molecule has 1 unspecified atom stereocenters. The molecule has 0 amide bonds. The molecule has 16 heteroatoms. The first-order chi connectivity index (χ1) is 17.4. The molecule has 3 rings (SSSR count). The lowest BCUT2D eigenvalue weighted by Crippen LogP contribution is -2.41. The number of likely N-dealkylation sites (tertiary alicyclic amines) is 1. The zero-order valence-electron chi connectivity index (χ0n) is 19.8. The van der Waals surface area contributed by atoms with E-state index in [4.69, 9.17) is 19.8 Å². The zero-order chi connectivity index (χ0) is 29.3. The summed E-state index contributed by atoms with van der Waals surface area (Å²) in [7, 11) is -3.66. The average Bonchev–Trinajstić information content (AvgIpc) is 3.21. The molecular formula is C22H26F6N2O7S. The van der Waals surface area contributed by atoms with Crippen molar-refractivity contribution >= 4 is 32.7 Å². The van der Waals surface area contributed by atoms with Crippen LogP contribution >= 0.6 is 0 Å². The Bertz CT molecular complexity index is 1160. The van der Waals surface area contributed by atoms with Crippen molar-refractivity contribution in [1.29, 1.82) is 0 Å². The molecule has 2 aromatic rings. The van der Waals surface area contributed by atoms with Crippen LogP contribution in [0.2, 0.25) is 0 Å². The minimum atomic E-state index is -5.08. The van der Waals surface area contributed by atoms with Crippen LogP contribution in [0.5, 0.6) is 0 Å². The van der Waals surface area contributed by atoms with Gasteiger partial charge in [0.1, 0.15) is 0 Å². The van der Waals surface area contributed by atoms with Crippen LogP contribution < -0.4 is 4.72 Å². The zero-order valence-corrected chi connectivity index (χ0v) is 20.6. The number of hydrogen-bond acceptors (Lipinski definition) is 6. The maximum Gasteiger partial charge on any atom is 0.490 e. The molecule has 1 heterocycles. The van der Waals surface area contributed by atoms with E-state index in [1.807, 2.05) is 24.3 Å². The van der Waals surface area contributed by atoms with E-state index in [9.17, 15) is 39.9 Å².